The van der Waals surface area contributed by atoms with Gasteiger partial charge in [0.15, 0.2) is 0 Å². The van der Waals surface area contributed by atoms with Crippen molar-refractivity contribution < 1.29 is 0 Å². The monoisotopic (exact) mass is 211 g/mol. The highest BCUT2D eigenvalue weighted by Crippen LogP contribution is 2.27. The van der Waals surface area contributed by atoms with Gasteiger partial charge in [-0.3, -0.25) is 9.67 Å². The lowest BCUT2D eigenvalue weighted by molar-refractivity contribution is 0.785. The number of fused-ring (bicyclic) bond motifs is 3. The van der Waals surface area contributed by atoms with E-state index in [2.05, 4.69) is 16.1 Å². The van der Waals surface area contributed by atoms with Gasteiger partial charge in [-0.1, -0.05) is 18.2 Å². The van der Waals surface area contributed by atoms with Gasteiger partial charge in [0.25, 0.3) is 0 Å². The van der Waals surface area contributed by atoms with Gasteiger partial charge in [0.1, 0.15) is 0 Å². The van der Waals surface area contributed by atoms with E-state index in [0.29, 0.717) is 0 Å². The van der Waals surface area contributed by atoms with E-state index in [-0.39, 0.29) is 0 Å². The van der Waals surface area contributed by atoms with Crippen LogP contribution in [0.25, 0.3) is 21.8 Å². The predicted octanol–water partition coefficient (Wildman–Crippen LogP) is 2.74. The summed E-state index contributed by atoms with van der Waals surface area (Å²) < 4.78 is 1.95. The number of benzene rings is 1. The fourth-order valence-electron chi connectivity index (χ4n) is 2.41. The van der Waals surface area contributed by atoms with Crippen molar-refractivity contribution in [1.82, 2.24) is 14.8 Å². The highest BCUT2D eigenvalue weighted by molar-refractivity contribution is 6.05. The zero-order valence-corrected chi connectivity index (χ0v) is 9.65. The molecule has 0 amide bonds. The summed E-state index contributed by atoms with van der Waals surface area (Å²) in [7, 11) is 1.99. The second-order valence-corrected chi connectivity index (χ2v) is 4.15. The first kappa shape index (κ1) is 9.33. The Morgan fingerprint density at radius 1 is 1.06 bits per heavy atom. The molecule has 16 heavy (non-hydrogen) atoms. The second kappa shape index (κ2) is 3.04. The van der Waals surface area contributed by atoms with Gasteiger partial charge in [-0.05, 0) is 19.9 Å². The van der Waals surface area contributed by atoms with Crippen LogP contribution in [0, 0.1) is 13.8 Å². The summed E-state index contributed by atoms with van der Waals surface area (Å²) in [5.41, 5.74) is 4.32. The molecule has 2 aromatic heterocycles. The Bertz CT molecular complexity index is 695. The molecule has 0 radical (unpaired) electrons. The number of para-hydroxylation sites is 1. The van der Waals surface area contributed by atoms with Gasteiger partial charge in [-0.25, -0.2) is 0 Å². The molecule has 2 heterocycles. The van der Waals surface area contributed by atoms with Gasteiger partial charge in [0, 0.05) is 23.5 Å². The molecule has 0 aliphatic carbocycles. The average molecular weight is 211 g/mol. The van der Waals surface area contributed by atoms with E-state index in [0.717, 1.165) is 16.9 Å². The molecule has 0 saturated heterocycles. The molecule has 3 aromatic rings. The lowest BCUT2D eigenvalue weighted by Gasteiger charge is -2.03. The highest BCUT2D eigenvalue weighted by Gasteiger charge is 2.12. The van der Waals surface area contributed by atoms with Crippen LogP contribution >= 0.6 is 0 Å². The van der Waals surface area contributed by atoms with Crippen LogP contribution in [0.5, 0.6) is 0 Å². The number of aromatic nitrogens is 3. The zero-order chi connectivity index (χ0) is 11.3. The van der Waals surface area contributed by atoms with Crippen LogP contribution in [-0.4, -0.2) is 14.8 Å². The van der Waals surface area contributed by atoms with Crippen molar-refractivity contribution in [3.05, 3.63) is 35.7 Å². The minimum atomic E-state index is 1.04. The molecule has 0 saturated carbocycles. The summed E-state index contributed by atoms with van der Waals surface area (Å²) in [5.74, 6) is 0. The molecule has 3 nitrogen and oxygen atoms in total. The molecule has 0 fully saturated rings. The predicted molar refractivity (Wildman–Crippen MR) is 65.5 cm³/mol. The third-order valence-electron chi connectivity index (χ3n) is 3.03. The minimum absolute atomic E-state index is 1.04. The van der Waals surface area contributed by atoms with Gasteiger partial charge in [0.05, 0.1) is 16.7 Å². The van der Waals surface area contributed by atoms with Crippen LogP contribution < -0.4 is 0 Å². The van der Waals surface area contributed by atoms with Crippen LogP contribution in [-0.2, 0) is 7.05 Å². The maximum absolute atomic E-state index is 4.62. The van der Waals surface area contributed by atoms with Gasteiger partial charge in [-0.15, -0.1) is 0 Å². The topological polar surface area (TPSA) is 30.7 Å². The number of hydrogen-bond donors (Lipinski definition) is 0. The second-order valence-electron chi connectivity index (χ2n) is 4.15. The first-order chi connectivity index (χ1) is 7.68. The number of pyridine rings is 1. The number of aryl methyl sites for hydroxylation is 3. The lowest BCUT2D eigenvalue weighted by atomic mass is 10.1. The van der Waals surface area contributed by atoms with Crippen molar-refractivity contribution in [1.29, 1.82) is 0 Å². The molecule has 0 N–H and O–H groups in total. The molecule has 0 spiro atoms. The summed E-state index contributed by atoms with van der Waals surface area (Å²) in [6.45, 7) is 4.08. The average Bonchev–Trinajstić information content (AvgIpc) is 2.55. The van der Waals surface area contributed by atoms with Crippen LogP contribution in [0.4, 0.5) is 0 Å². The maximum atomic E-state index is 4.62. The van der Waals surface area contributed by atoms with Gasteiger partial charge in [0.2, 0.25) is 0 Å². The molecular weight excluding hydrogens is 198 g/mol. The summed E-state index contributed by atoms with van der Waals surface area (Å²) in [4.78, 5) is 4.62. The van der Waals surface area contributed by atoms with Crippen LogP contribution in [0.1, 0.15) is 11.4 Å². The molecule has 0 bridgehead atoms. The fourth-order valence-corrected chi connectivity index (χ4v) is 2.41. The van der Waals surface area contributed by atoms with E-state index in [4.69, 9.17) is 0 Å². The summed E-state index contributed by atoms with van der Waals surface area (Å²) in [5, 5.41) is 6.83. The molecule has 0 unspecified atom stereocenters. The van der Waals surface area contributed by atoms with E-state index in [1.807, 2.05) is 43.8 Å². The van der Waals surface area contributed by atoms with Gasteiger partial charge >= 0.3 is 0 Å². The first-order valence-corrected chi connectivity index (χ1v) is 5.37. The molecular formula is C13H13N3. The van der Waals surface area contributed by atoms with Crippen molar-refractivity contribution in [3.63, 3.8) is 0 Å². The number of nitrogens with zero attached hydrogens (tertiary/aromatic N) is 3. The normalized spacial score (nSPS) is 11.4. The van der Waals surface area contributed by atoms with E-state index in [9.17, 15) is 0 Å². The van der Waals surface area contributed by atoms with E-state index < -0.39 is 0 Å². The lowest BCUT2D eigenvalue weighted by Crippen LogP contribution is -1.92. The third-order valence-corrected chi connectivity index (χ3v) is 3.03. The molecule has 0 aliphatic rings. The van der Waals surface area contributed by atoms with Crippen molar-refractivity contribution in [2.75, 3.05) is 0 Å². The SMILES string of the molecule is Cc1nc2ccccc2c2c1c(C)nn2C. The standard InChI is InChI=1S/C13H13N3/c1-8-12-9(2)15-16(3)13(12)10-6-4-5-7-11(10)14-8/h4-7H,1-3H3. The Morgan fingerprint density at radius 2 is 1.81 bits per heavy atom. The van der Waals surface area contributed by atoms with Crippen LogP contribution in [0.3, 0.4) is 0 Å². The Kier molecular flexibility index (Phi) is 1.78. The highest BCUT2D eigenvalue weighted by atomic mass is 15.3. The van der Waals surface area contributed by atoms with E-state index in [1.165, 1.54) is 16.3 Å². The van der Waals surface area contributed by atoms with Gasteiger partial charge in [-0.2, -0.15) is 5.10 Å². The van der Waals surface area contributed by atoms with Crippen molar-refractivity contribution in [2.45, 2.75) is 13.8 Å². The first-order valence-electron chi connectivity index (χ1n) is 5.37. The van der Waals surface area contributed by atoms with Crippen molar-refractivity contribution in [3.8, 4) is 0 Å². The summed E-state index contributed by atoms with van der Waals surface area (Å²) in [6.07, 6.45) is 0. The molecule has 0 atom stereocenters. The molecule has 80 valence electrons. The molecule has 1 aromatic carbocycles. The molecule has 3 heteroatoms. The number of hydrogen-bond acceptors (Lipinski definition) is 2. The van der Waals surface area contributed by atoms with Gasteiger partial charge < -0.3 is 0 Å². The van der Waals surface area contributed by atoms with Crippen molar-refractivity contribution >= 4 is 21.8 Å². The van der Waals surface area contributed by atoms with E-state index in [1.54, 1.807) is 0 Å². The molecule has 3 rings (SSSR count). The molecule has 0 aliphatic heterocycles. The van der Waals surface area contributed by atoms with Crippen LogP contribution in [0.15, 0.2) is 24.3 Å². The Balaban J connectivity index is 2.68. The minimum Gasteiger partial charge on any atom is -0.267 e. The van der Waals surface area contributed by atoms with Crippen molar-refractivity contribution in [2.24, 2.45) is 7.05 Å². The summed E-state index contributed by atoms with van der Waals surface area (Å²) >= 11 is 0. The number of rotatable bonds is 0. The maximum Gasteiger partial charge on any atom is 0.0794 e. The Morgan fingerprint density at radius 3 is 2.62 bits per heavy atom. The fraction of sp³-hybridized carbons (Fsp3) is 0.231. The largest absolute Gasteiger partial charge is 0.267 e. The van der Waals surface area contributed by atoms with Crippen LogP contribution in [0.2, 0.25) is 0 Å². The zero-order valence-electron chi connectivity index (χ0n) is 9.65. The Labute approximate surface area is 93.7 Å². The summed E-state index contributed by atoms with van der Waals surface area (Å²) in [6, 6.07) is 8.21. The quantitative estimate of drug-likeness (QED) is 0.572. The smallest absolute Gasteiger partial charge is 0.0794 e. The Hall–Kier alpha value is -1.90. The third kappa shape index (κ3) is 1.08. The van der Waals surface area contributed by atoms with E-state index >= 15 is 0 Å².